The van der Waals surface area contributed by atoms with Crippen LogP contribution in [-0.2, 0) is 4.74 Å². The Morgan fingerprint density at radius 2 is 2.35 bits per heavy atom. The van der Waals surface area contributed by atoms with Crippen LogP contribution in [0.1, 0.15) is 27.2 Å². The van der Waals surface area contributed by atoms with Gasteiger partial charge in [-0.05, 0) is 45.2 Å². The van der Waals surface area contributed by atoms with Gasteiger partial charge in [0.25, 0.3) is 0 Å². The van der Waals surface area contributed by atoms with Crippen LogP contribution < -0.4 is 5.32 Å². The van der Waals surface area contributed by atoms with Crippen LogP contribution in [0.25, 0.3) is 0 Å². The molecule has 2 aliphatic heterocycles. The van der Waals surface area contributed by atoms with Crippen LogP contribution in [0.4, 0.5) is 4.79 Å². The van der Waals surface area contributed by atoms with Gasteiger partial charge in [0.1, 0.15) is 11.9 Å². The van der Waals surface area contributed by atoms with Gasteiger partial charge in [0.15, 0.2) is 0 Å². The fraction of sp³-hybridized carbons (Fsp3) is 0.600. The van der Waals surface area contributed by atoms with Gasteiger partial charge >= 0.3 is 6.09 Å². The molecule has 0 aromatic carbocycles. The van der Waals surface area contributed by atoms with Crippen molar-refractivity contribution in [3.05, 3.63) is 23.9 Å². The second-order valence-electron chi connectivity index (χ2n) is 6.19. The Kier molecular flexibility index (Phi) is 4.60. The number of carbonyl (C=O) groups is 1. The summed E-state index contributed by atoms with van der Waals surface area (Å²) in [5, 5.41) is 3.33. The van der Waals surface area contributed by atoms with Crippen LogP contribution in [0.5, 0.6) is 0 Å². The van der Waals surface area contributed by atoms with E-state index in [0.29, 0.717) is 12.5 Å². The summed E-state index contributed by atoms with van der Waals surface area (Å²) in [4.78, 5) is 17.6. The minimum Gasteiger partial charge on any atom is -0.443 e. The van der Waals surface area contributed by atoms with E-state index in [1.54, 1.807) is 6.20 Å². The third-order valence-corrected chi connectivity index (χ3v) is 3.11. The summed E-state index contributed by atoms with van der Waals surface area (Å²) in [6.45, 7) is 8.19. The summed E-state index contributed by atoms with van der Waals surface area (Å²) in [5.41, 5.74) is 0.530. The first kappa shape index (κ1) is 14.8. The van der Waals surface area contributed by atoms with Crippen molar-refractivity contribution in [3.8, 4) is 0 Å². The highest BCUT2D eigenvalue weighted by Crippen LogP contribution is 2.15. The number of nitrogens with zero attached hydrogens (tertiary/aromatic N) is 2. The quantitative estimate of drug-likeness (QED) is 0.842. The van der Waals surface area contributed by atoms with Gasteiger partial charge in [-0.25, -0.2) is 9.79 Å². The number of amides is 1. The van der Waals surface area contributed by atoms with Crippen molar-refractivity contribution in [2.75, 3.05) is 19.6 Å². The molecule has 2 heterocycles. The van der Waals surface area contributed by atoms with E-state index in [9.17, 15) is 4.79 Å². The minimum atomic E-state index is -0.488. The molecule has 1 amide bonds. The Balaban J connectivity index is 1.89. The van der Waals surface area contributed by atoms with Gasteiger partial charge in [0.05, 0.1) is 6.54 Å². The van der Waals surface area contributed by atoms with Crippen molar-refractivity contribution >= 4 is 12.4 Å². The van der Waals surface area contributed by atoms with Gasteiger partial charge in [0, 0.05) is 12.7 Å². The molecule has 1 saturated heterocycles. The lowest BCUT2D eigenvalue weighted by molar-refractivity contribution is 0.0387. The highest BCUT2D eigenvalue weighted by Gasteiger charge is 2.22. The standard InChI is InChI=1S/C15H23N3O2/c1-15(2,3)20-14(19)18-10-13(9-17-11-18)5-4-12-6-7-16-8-12/h4-5,9,11-12,16H,6-8,10H2,1-3H3/t12-/m0/s1. The molecule has 1 atom stereocenters. The number of hydrogen-bond acceptors (Lipinski definition) is 4. The molecule has 0 spiro atoms. The van der Waals surface area contributed by atoms with Crippen LogP contribution in [0, 0.1) is 5.92 Å². The third-order valence-electron chi connectivity index (χ3n) is 3.11. The Morgan fingerprint density at radius 1 is 1.55 bits per heavy atom. The Morgan fingerprint density at radius 3 is 3.00 bits per heavy atom. The first-order valence-electron chi connectivity index (χ1n) is 7.05. The van der Waals surface area contributed by atoms with Crippen molar-refractivity contribution in [1.29, 1.82) is 0 Å². The molecular formula is C15H23N3O2. The fourth-order valence-corrected chi connectivity index (χ4v) is 2.12. The van der Waals surface area contributed by atoms with Gasteiger partial charge < -0.3 is 10.1 Å². The molecule has 1 fully saturated rings. The summed E-state index contributed by atoms with van der Waals surface area (Å²) in [5.74, 6) is 0.580. The molecule has 2 aliphatic rings. The van der Waals surface area contributed by atoms with Gasteiger partial charge in [-0.1, -0.05) is 12.2 Å². The second kappa shape index (κ2) is 6.22. The van der Waals surface area contributed by atoms with Crippen LogP contribution in [0.15, 0.2) is 28.9 Å². The number of rotatable bonds is 2. The van der Waals surface area contributed by atoms with Crippen LogP contribution in [0.3, 0.4) is 0 Å². The average Bonchev–Trinajstić information content (AvgIpc) is 2.88. The smallest absolute Gasteiger partial charge is 0.415 e. The zero-order valence-corrected chi connectivity index (χ0v) is 12.4. The molecule has 5 nitrogen and oxygen atoms in total. The summed E-state index contributed by atoms with van der Waals surface area (Å²) in [7, 11) is 0. The highest BCUT2D eigenvalue weighted by molar-refractivity contribution is 5.84. The summed E-state index contributed by atoms with van der Waals surface area (Å²) < 4.78 is 5.34. The molecule has 0 aromatic rings. The molecule has 1 N–H and O–H groups in total. The highest BCUT2D eigenvalue weighted by atomic mass is 16.6. The Labute approximate surface area is 120 Å². The maximum absolute atomic E-state index is 12.0. The van der Waals surface area contributed by atoms with E-state index in [1.165, 1.54) is 17.7 Å². The maximum Gasteiger partial charge on any atom is 0.415 e. The molecule has 0 radical (unpaired) electrons. The number of aliphatic imine (C=N–C) groups is 1. The predicted octanol–water partition coefficient (Wildman–Crippen LogP) is 2.32. The second-order valence-corrected chi connectivity index (χ2v) is 6.19. The van der Waals surface area contributed by atoms with Crippen molar-refractivity contribution < 1.29 is 9.53 Å². The predicted molar refractivity (Wildman–Crippen MR) is 79.6 cm³/mol. The van der Waals surface area contributed by atoms with E-state index in [0.717, 1.165) is 18.7 Å². The molecule has 110 valence electrons. The lowest BCUT2D eigenvalue weighted by atomic mass is 10.1. The maximum atomic E-state index is 12.0. The van der Waals surface area contributed by atoms with E-state index >= 15 is 0 Å². The van der Waals surface area contributed by atoms with E-state index in [1.807, 2.05) is 20.8 Å². The molecular weight excluding hydrogens is 254 g/mol. The summed E-state index contributed by atoms with van der Waals surface area (Å²) >= 11 is 0. The van der Waals surface area contributed by atoms with E-state index in [2.05, 4.69) is 22.5 Å². The van der Waals surface area contributed by atoms with Gasteiger partial charge in [-0.15, -0.1) is 0 Å². The molecule has 0 unspecified atom stereocenters. The van der Waals surface area contributed by atoms with Crippen molar-refractivity contribution in [1.82, 2.24) is 10.2 Å². The monoisotopic (exact) mass is 277 g/mol. The van der Waals surface area contributed by atoms with Crippen LogP contribution in [0.2, 0.25) is 0 Å². The SMILES string of the molecule is CC(C)(C)OC(=O)N1C=NC=C(C=C[C@H]2CCNC2)C1. The first-order chi connectivity index (χ1) is 9.44. The van der Waals surface area contributed by atoms with Crippen molar-refractivity contribution in [2.24, 2.45) is 10.9 Å². The van der Waals surface area contributed by atoms with Gasteiger partial charge in [-0.2, -0.15) is 0 Å². The average molecular weight is 277 g/mol. The molecule has 0 bridgehead atoms. The van der Waals surface area contributed by atoms with Gasteiger partial charge in [0.2, 0.25) is 0 Å². The lowest BCUT2D eigenvalue weighted by Crippen LogP contribution is -2.37. The minimum absolute atomic E-state index is 0.359. The number of hydrogen-bond donors (Lipinski definition) is 1. The number of ether oxygens (including phenoxy) is 1. The van der Waals surface area contributed by atoms with E-state index in [4.69, 9.17) is 4.74 Å². The largest absolute Gasteiger partial charge is 0.443 e. The molecule has 5 heteroatoms. The van der Waals surface area contributed by atoms with Gasteiger partial charge in [-0.3, -0.25) is 4.90 Å². The fourth-order valence-electron chi connectivity index (χ4n) is 2.12. The van der Waals surface area contributed by atoms with E-state index in [-0.39, 0.29) is 6.09 Å². The molecule has 0 saturated carbocycles. The lowest BCUT2D eigenvalue weighted by Gasteiger charge is -2.26. The third kappa shape index (κ3) is 4.49. The van der Waals surface area contributed by atoms with Crippen molar-refractivity contribution in [3.63, 3.8) is 0 Å². The first-order valence-corrected chi connectivity index (χ1v) is 7.05. The summed E-state index contributed by atoms with van der Waals surface area (Å²) in [6, 6.07) is 0. The van der Waals surface area contributed by atoms with Crippen molar-refractivity contribution in [2.45, 2.75) is 32.8 Å². The normalized spacial score (nSPS) is 23.2. The van der Waals surface area contributed by atoms with Crippen LogP contribution in [-0.4, -0.2) is 42.6 Å². The zero-order valence-electron chi connectivity index (χ0n) is 12.4. The molecule has 0 aromatic heterocycles. The Bertz CT molecular complexity index is 441. The number of carbonyl (C=O) groups excluding carboxylic acids is 1. The molecule has 20 heavy (non-hydrogen) atoms. The Hall–Kier alpha value is -1.62. The topological polar surface area (TPSA) is 53.9 Å². The number of nitrogens with one attached hydrogen (secondary N) is 1. The summed E-state index contributed by atoms with van der Waals surface area (Å²) in [6.07, 6.45) is 8.37. The zero-order chi connectivity index (χ0) is 14.6. The van der Waals surface area contributed by atoms with Crippen LogP contribution >= 0.6 is 0 Å². The molecule has 0 aliphatic carbocycles. The molecule has 2 rings (SSSR count). The van der Waals surface area contributed by atoms with E-state index < -0.39 is 5.60 Å².